The van der Waals surface area contributed by atoms with E-state index in [1.54, 1.807) is 23.4 Å². The third-order valence-electron chi connectivity index (χ3n) is 7.61. The number of carboxylic acid groups (broad SMARTS) is 1. The molecule has 0 aromatic heterocycles. The second-order valence-corrected chi connectivity index (χ2v) is 12.0. The Kier molecular flexibility index (Phi) is 7.83. The number of anilines is 1. The zero-order valence-electron chi connectivity index (χ0n) is 20.8. The second kappa shape index (κ2) is 10.7. The lowest BCUT2D eigenvalue weighted by molar-refractivity contribution is -0.143. The van der Waals surface area contributed by atoms with Crippen LogP contribution in [0.4, 0.5) is 5.69 Å². The molecule has 2 saturated heterocycles. The van der Waals surface area contributed by atoms with E-state index < -0.39 is 21.4 Å². The molecule has 190 valence electrons. The first kappa shape index (κ1) is 25.7. The molecule has 0 spiro atoms. The number of hydrogen-bond acceptors (Lipinski definition) is 5. The van der Waals surface area contributed by atoms with Gasteiger partial charge in [-0.1, -0.05) is 30.3 Å². The lowest BCUT2D eigenvalue weighted by Crippen LogP contribution is -2.35. The van der Waals surface area contributed by atoms with Crippen LogP contribution in [0.5, 0.6) is 0 Å². The second-order valence-electron chi connectivity index (χ2n) is 10.0. The number of likely N-dealkylation sites (N-methyl/N-ethyl adjacent to an activating group) is 1. The van der Waals surface area contributed by atoms with Crippen LogP contribution in [-0.2, 0) is 26.7 Å². The average molecular weight is 500 g/mol. The highest BCUT2D eigenvalue weighted by Crippen LogP contribution is 2.33. The first-order valence-electron chi connectivity index (χ1n) is 12.6. The third-order valence-corrected chi connectivity index (χ3v) is 9.61. The highest BCUT2D eigenvalue weighted by molar-refractivity contribution is 7.89. The predicted octanol–water partition coefficient (Wildman–Crippen LogP) is 3.59. The average Bonchev–Trinajstić information content (AvgIpc) is 3.30. The lowest BCUT2D eigenvalue weighted by atomic mass is 9.77. The summed E-state index contributed by atoms with van der Waals surface area (Å²) in [4.78, 5) is 17.2. The molecule has 2 aliphatic rings. The van der Waals surface area contributed by atoms with E-state index in [4.69, 9.17) is 0 Å². The Labute approximate surface area is 209 Å². The molecule has 2 fully saturated rings. The van der Waals surface area contributed by atoms with Gasteiger partial charge in [0, 0.05) is 38.4 Å². The van der Waals surface area contributed by atoms with Gasteiger partial charge < -0.3 is 14.9 Å². The summed E-state index contributed by atoms with van der Waals surface area (Å²) in [6, 6.07) is 14.9. The van der Waals surface area contributed by atoms with Crippen LogP contribution in [0.1, 0.15) is 43.7 Å². The summed E-state index contributed by atoms with van der Waals surface area (Å²) in [5.41, 5.74) is 1.42. The van der Waals surface area contributed by atoms with E-state index in [-0.39, 0.29) is 0 Å². The fraction of sp³-hybridized carbons (Fsp3) is 0.519. The van der Waals surface area contributed by atoms with E-state index >= 15 is 0 Å². The van der Waals surface area contributed by atoms with Gasteiger partial charge in [-0.15, -0.1) is 0 Å². The van der Waals surface area contributed by atoms with Crippen molar-refractivity contribution < 1.29 is 18.3 Å². The molecule has 0 amide bonds. The van der Waals surface area contributed by atoms with Crippen molar-refractivity contribution in [3.8, 4) is 0 Å². The van der Waals surface area contributed by atoms with E-state index in [0.717, 1.165) is 37.3 Å². The quantitative estimate of drug-likeness (QED) is 0.598. The number of sulfonamides is 1. The SMILES string of the molecule is CN1CCCN(S(=O)(=O)c2ccccc2CCC(C)(C(=O)O)c2ccc(N3CCCC3)cc2)CC1. The molecule has 1 N–H and O–H groups in total. The molecule has 0 radical (unpaired) electrons. The van der Waals surface area contributed by atoms with Crippen molar-refractivity contribution in [1.29, 1.82) is 0 Å². The Bertz CT molecular complexity index is 1130. The monoisotopic (exact) mass is 499 g/mol. The van der Waals surface area contributed by atoms with Crippen LogP contribution < -0.4 is 4.90 Å². The lowest BCUT2D eigenvalue weighted by Gasteiger charge is -2.27. The number of aliphatic carboxylic acids is 1. The van der Waals surface area contributed by atoms with E-state index in [9.17, 15) is 18.3 Å². The zero-order chi connectivity index (χ0) is 25.1. The largest absolute Gasteiger partial charge is 0.481 e. The molecular weight excluding hydrogens is 462 g/mol. The molecule has 1 unspecified atom stereocenters. The molecule has 35 heavy (non-hydrogen) atoms. The number of benzene rings is 2. The van der Waals surface area contributed by atoms with Crippen molar-refractivity contribution in [1.82, 2.24) is 9.21 Å². The summed E-state index contributed by atoms with van der Waals surface area (Å²) in [6.07, 6.45) is 3.83. The van der Waals surface area contributed by atoms with Gasteiger partial charge in [0.15, 0.2) is 0 Å². The summed E-state index contributed by atoms with van der Waals surface area (Å²) in [5.74, 6) is -0.901. The molecule has 2 heterocycles. The number of carboxylic acids is 1. The van der Waals surface area contributed by atoms with Gasteiger partial charge in [0.05, 0.1) is 10.3 Å². The predicted molar refractivity (Wildman–Crippen MR) is 139 cm³/mol. The van der Waals surface area contributed by atoms with Crippen LogP contribution in [0.15, 0.2) is 53.4 Å². The van der Waals surface area contributed by atoms with Gasteiger partial charge in [0.1, 0.15) is 0 Å². The van der Waals surface area contributed by atoms with Crippen molar-refractivity contribution >= 4 is 21.7 Å². The Hall–Kier alpha value is -2.42. The highest BCUT2D eigenvalue weighted by atomic mass is 32.2. The fourth-order valence-electron chi connectivity index (χ4n) is 5.14. The van der Waals surface area contributed by atoms with Crippen LogP contribution >= 0.6 is 0 Å². The Morgan fingerprint density at radius 1 is 0.914 bits per heavy atom. The minimum Gasteiger partial charge on any atom is -0.481 e. The minimum absolute atomic E-state index is 0.293. The van der Waals surface area contributed by atoms with E-state index in [0.29, 0.717) is 42.9 Å². The summed E-state index contributed by atoms with van der Waals surface area (Å²) < 4.78 is 28.7. The maximum Gasteiger partial charge on any atom is 0.313 e. The van der Waals surface area contributed by atoms with E-state index in [2.05, 4.69) is 9.80 Å². The van der Waals surface area contributed by atoms with Crippen molar-refractivity contribution in [3.63, 3.8) is 0 Å². The topological polar surface area (TPSA) is 81.2 Å². The molecule has 2 aromatic rings. The van der Waals surface area contributed by atoms with E-state index in [1.165, 1.54) is 12.8 Å². The molecule has 8 heteroatoms. The van der Waals surface area contributed by atoms with Gasteiger partial charge in [0.25, 0.3) is 0 Å². The Morgan fingerprint density at radius 3 is 2.29 bits per heavy atom. The normalized spacial score (nSPS) is 19.9. The summed E-state index contributed by atoms with van der Waals surface area (Å²) in [6.45, 7) is 6.35. The maximum absolute atomic E-state index is 13.5. The molecule has 4 rings (SSSR count). The minimum atomic E-state index is -3.65. The zero-order valence-corrected chi connectivity index (χ0v) is 21.6. The van der Waals surface area contributed by atoms with Gasteiger partial charge in [-0.05, 0) is 81.9 Å². The summed E-state index contributed by atoms with van der Waals surface area (Å²) in [7, 11) is -1.64. The molecular formula is C27H37N3O4S. The van der Waals surface area contributed by atoms with Crippen molar-refractivity contribution in [2.24, 2.45) is 0 Å². The van der Waals surface area contributed by atoms with Crippen LogP contribution in [0.3, 0.4) is 0 Å². The highest BCUT2D eigenvalue weighted by Gasteiger charge is 2.36. The van der Waals surface area contributed by atoms with Gasteiger partial charge in [-0.3, -0.25) is 4.79 Å². The molecule has 0 bridgehead atoms. The van der Waals surface area contributed by atoms with Gasteiger partial charge in [0.2, 0.25) is 10.0 Å². The number of rotatable bonds is 8. The maximum atomic E-state index is 13.5. The van der Waals surface area contributed by atoms with Crippen molar-refractivity contribution in [2.75, 3.05) is 51.2 Å². The molecule has 2 aromatic carbocycles. The number of nitrogens with zero attached hydrogens (tertiary/aromatic N) is 3. The fourth-order valence-corrected chi connectivity index (χ4v) is 6.86. The summed E-state index contributed by atoms with van der Waals surface area (Å²) >= 11 is 0. The number of carbonyl (C=O) groups is 1. The van der Waals surface area contributed by atoms with Crippen LogP contribution in [-0.4, -0.2) is 75.0 Å². The van der Waals surface area contributed by atoms with Crippen LogP contribution in [0, 0.1) is 0 Å². The molecule has 0 aliphatic carbocycles. The number of hydrogen-bond donors (Lipinski definition) is 1. The third kappa shape index (κ3) is 5.55. The Balaban J connectivity index is 1.55. The molecule has 1 atom stereocenters. The smallest absolute Gasteiger partial charge is 0.313 e. The Morgan fingerprint density at radius 2 is 1.60 bits per heavy atom. The van der Waals surface area contributed by atoms with Crippen molar-refractivity contribution in [3.05, 3.63) is 59.7 Å². The van der Waals surface area contributed by atoms with Gasteiger partial charge in [-0.25, -0.2) is 8.42 Å². The first-order chi connectivity index (χ1) is 16.7. The first-order valence-corrected chi connectivity index (χ1v) is 14.0. The van der Waals surface area contributed by atoms with Gasteiger partial charge >= 0.3 is 5.97 Å². The van der Waals surface area contributed by atoms with E-state index in [1.807, 2.05) is 43.4 Å². The standard InChI is InChI=1S/C27H37N3O4S/c1-27(26(31)32,23-10-12-24(13-11-23)29-17-5-6-18-29)15-14-22-8-3-4-9-25(22)35(33,34)30-19-7-16-28(2)20-21-30/h3-4,8-13H,5-7,14-21H2,1-2H3,(H,31,32). The molecule has 2 aliphatic heterocycles. The van der Waals surface area contributed by atoms with Crippen LogP contribution in [0.25, 0.3) is 0 Å². The van der Waals surface area contributed by atoms with Crippen molar-refractivity contribution in [2.45, 2.75) is 49.3 Å². The molecule has 0 saturated carbocycles. The molecule has 7 nitrogen and oxygen atoms in total. The number of aryl methyl sites for hydroxylation is 1. The summed E-state index contributed by atoms with van der Waals surface area (Å²) in [5, 5.41) is 10.2. The van der Waals surface area contributed by atoms with Gasteiger partial charge in [-0.2, -0.15) is 4.31 Å². The van der Waals surface area contributed by atoms with Crippen LogP contribution in [0.2, 0.25) is 0 Å².